The van der Waals surface area contributed by atoms with E-state index in [1.54, 1.807) is 0 Å². The number of hydrogen-bond acceptors (Lipinski definition) is 1. The minimum absolute atomic E-state index is 0.412. The molecule has 0 fully saturated rings. The lowest BCUT2D eigenvalue weighted by Crippen LogP contribution is -2.30. The molecular formula is C16H35N. The fraction of sp³-hybridized carbons (Fsp3) is 1.00. The van der Waals surface area contributed by atoms with Gasteiger partial charge in [0, 0.05) is 6.04 Å². The summed E-state index contributed by atoms with van der Waals surface area (Å²) in [6.45, 7) is 11.5. The second kappa shape index (κ2) is 9.94. The van der Waals surface area contributed by atoms with Crippen molar-refractivity contribution in [1.82, 2.24) is 0 Å². The summed E-state index contributed by atoms with van der Waals surface area (Å²) >= 11 is 0. The maximum atomic E-state index is 6.26. The summed E-state index contributed by atoms with van der Waals surface area (Å²) < 4.78 is 0. The molecule has 0 aromatic rings. The first-order valence-corrected chi connectivity index (χ1v) is 7.72. The van der Waals surface area contributed by atoms with E-state index in [1.165, 1.54) is 44.9 Å². The Morgan fingerprint density at radius 2 is 1.47 bits per heavy atom. The lowest BCUT2D eigenvalue weighted by atomic mass is 9.88. The van der Waals surface area contributed by atoms with Crippen LogP contribution in [-0.4, -0.2) is 6.04 Å². The smallest absolute Gasteiger partial charge is 0.00670 e. The molecule has 0 bridgehead atoms. The summed E-state index contributed by atoms with van der Waals surface area (Å²) in [5.41, 5.74) is 6.26. The molecule has 0 spiro atoms. The highest BCUT2D eigenvalue weighted by Crippen LogP contribution is 2.20. The summed E-state index contributed by atoms with van der Waals surface area (Å²) in [6.07, 6.45) is 9.27. The molecule has 0 rings (SSSR count). The number of nitrogens with two attached hydrogens (primary N) is 1. The predicted octanol–water partition coefficient (Wildman–Crippen LogP) is 4.99. The molecule has 0 radical (unpaired) electrons. The van der Waals surface area contributed by atoms with Crippen LogP contribution in [0.25, 0.3) is 0 Å². The fourth-order valence-electron chi connectivity index (χ4n) is 2.53. The molecule has 0 aliphatic heterocycles. The lowest BCUT2D eigenvalue weighted by molar-refractivity contribution is 0.335. The van der Waals surface area contributed by atoms with Crippen molar-refractivity contribution in [2.75, 3.05) is 0 Å². The molecule has 104 valence electrons. The van der Waals surface area contributed by atoms with Gasteiger partial charge in [-0.05, 0) is 30.6 Å². The van der Waals surface area contributed by atoms with E-state index >= 15 is 0 Å². The van der Waals surface area contributed by atoms with E-state index in [0.717, 1.165) is 11.8 Å². The average molecular weight is 241 g/mol. The van der Waals surface area contributed by atoms with Gasteiger partial charge in [0.1, 0.15) is 0 Å². The zero-order chi connectivity index (χ0) is 13.3. The number of unbranched alkanes of at least 4 members (excludes halogenated alkanes) is 1. The Morgan fingerprint density at radius 3 is 2.00 bits per heavy atom. The molecule has 0 saturated carbocycles. The zero-order valence-electron chi connectivity index (χ0n) is 12.8. The molecule has 0 aliphatic rings. The Kier molecular flexibility index (Phi) is 9.91. The molecule has 0 saturated heterocycles. The highest BCUT2D eigenvalue weighted by molar-refractivity contribution is 4.71. The summed E-state index contributed by atoms with van der Waals surface area (Å²) in [5, 5.41) is 0. The van der Waals surface area contributed by atoms with E-state index in [0.29, 0.717) is 12.0 Å². The van der Waals surface area contributed by atoms with Gasteiger partial charge in [0.05, 0.1) is 0 Å². The standard InChI is InChI=1S/C16H35N/c1-6-9-15(5)16(17)12-14(4)11-8-7-10-13(2)3/h13-16H,6-12,17H2,1-5H3/t14-,15+,16-/m0/s1. The van der Waals surface area contributed by atoms with Crippen molar-refractivity contribution in [2.24, 2.45) is 23.5 Å². The van der Waals surface area contributed by atoms with Crippen molar-refractivity contribution in [2.45, 2.75) is 85.6 Å². The van der Waals surface area contributed by atoms with E-state index in [-0.39, 0.29) is 0 Å². The Morgan fingerprint density at radius 1 is 0.882 bits per heavy atom. The highest BCUT2D eigenvalue weighted by atomic mass is 14.6. The Bertz CT molecular complexity index is 165. The summed E-state index contributed by atoms with van der Waals surface area (Å²) in [7, 11) is 0. The minimum atomic E-state index is 0.412. The van der Waals surface area contributed by atoms with Crippen molar-refractivity contribution < 1.29 is 0 Å². The molecule has 0 aromatic heterocycles. The maximum Gasteiger partial charge on any atom is 0.00670 e. The summed E-state index contributed by atoms with van der Waals surface area (Å²) in [5.74, 6) is 2.35. The van der Waals surface area contributed by atoms with Crippen LogP contribution in [0, 0.1) is 17.8 Å². The fourth-order valence-corrected chi connectivity index (χ4v) is 2.53. The zero-order valence-corrected chi connectivity index (χ0v) is 12.8. The Hall–Kier alpha value is -0.0400. The van der Waals surface area contributed by atoms with Crippen molar-refractivity contribution in [3.63, 3.8) is 0 Å². The Labute approximate surface area is 110 Å². The minimum Gasteiger partial charge on any atom is -0.327 e. The van der Waals surface area contributed by atoms with E-state index in [1.807, 2.05) is 0 Å². The normalized spacial score (nSPS) is 17.1. The first-order valence-electron chi connectivity index (χ1n) is 7.72. The van der Waals surface area contributed by atoms with Crippen LogP contribution in [0.3, 0.4) is 0 Å². The van der Waals surface area contributed by atoms with Crippen LogP contribution in [0.2, 0.25) is 0 Å². The van der Waals surface area contributed by atoms with Gasteiger partial charge >= 0.3 is 0 Å². The number of hydrogen-bond donors (Lipinski definition) is 1. The van der Waals surface area contributed by atoms with Crippen LogP contribution in [-0.2, 0) is 0 Å². The van der Waals surface area contributed by atoms with Crippen LogP contribution < -0.4 is 5.73 Å². The SMILES string of the molecule is CCC[C@@H](C)[C@@H](N)C[C@@H](C)CCCCC(C)C. The van der Waals surface area contributed by atoms with Gasteiger partial charge in [0.2, 0.25) is 0 Å². The molecule has 1 heteroatoms. The third kappa shape index (κ3) is 9.64. The molecule has 17 heavy (non-hydrogen) atoms. The predicted molar refractivity (Wildman–Crippen MR) is 79.1 cm³/mol. The first-order chi connectivity index (χ1) is 7.97. The second-order valence-electron chi connectivity index (χ2n) is 6.45. The van der Waals surface area contributed by atoms with Gasteiger partial charge < -0.3 is 5.73 Å². The van der Waals surface area contributed by atoms with Crippen LogP contribution in [0.4, 0.5) is 0 Å². The third-order valence-electron chi connectivity index (χ3n) is 3.88. The summed E-state index contributed by atoms with van der Waals surface area (Å²) in [4.78, 5) is 0. The number of rotatable bonds is 10. The molecule has 0 unspecified atom stereocenters. The molecule has 2 N–H and O–H groups in total. The molecule has 1 nitrogen and oxygen atoms in total. The summed E-state index contributed by atoms with van der Waals surface area (Å²) in [6, 6.07) is 0.412. The Balaban J connectivity index is 3.59. The van der Waals surface area contributed by atoms with Gasteiger partial charge in [-0.1, -0.05) is 66.7 Å². The molecule has 0 aromatic carbocycles. The largest absolute Gasteiger partial charge is 0.327 e. The molecule has 3 atom stereocenters. The van der Waals surface area contributed by atoms with Crippen molar-refractivity contribution in [3.8, 4) is 0 Å². The average Bonchev–Trinajstić information content (AvgIpc) is 2.24. The first kappa shape index (κ1) is 17.0. The second-order valence-corrected chi connectivity index (χ2v) is 6.45. The van der Waals surface area contributed by atoms with Crippen molar-refractivity contribution in [3.05, 3.63) is 0 Å². The van der Waals surface area contributed by atoms with Gasteiger partial charge in [-0.2, -0.15) is 0 Å². The quantitative estimate of drug-likeness (QED) is 0.536. The van der Waals surface area contributed by atoms with E-state index in [4.69, 9.17) is 5.73 Å². The van der Waals surface area contributed by atoms with Gasteiger partial charge in [0.25, 0.3) is 0 Å². The van der Waals surface area contributed by atoms with Crippen LogP contribution in [0.5, 0.6) is 0 Å². The van der Waals surface area contributed by atoms with Crippen LogP contribution in [0.15, 0.2) is 0 Å². The third-order valence-corrected chi connectivity index (χ3v) is 3.88. The molecule has 0 amide bonds. The topological polar surface area (TPSA) is 26.0 Å². The van der Waals surface area contributed by atoms with Gasteiger partial charge in [-0.3, -0.25) is 0 Å². The molecular weight excluding hydrogens is 206 g/mol. The lowest BCUT2D eigenvalue weighted by Gasteiger charge is -2.23. The van der Waals surface area contributed by atoms with Crippen molar-refractivity contribution >= 4 is 0 Å². The van der Waals surface area contributed by atoms with Gasteiger partial charge in [-0.25, -0.2) is 0 Å². The van der Waals surface area contributed by atoms with Crippen LogP contribution in [0.1, 0.15) is 79.6 Å². The van der Waals surface area contributed by atoms with Gasteiger partial charge in [0.15, 0.2) is 0 Å². The van der Waals surface area contributed by atoms with Crippen LogP contribution >= 0.6 is 0 Å². The molecule has 0 heterocycles. The van der Waals surface area contributed by atoms with E-state index in [9.17, 15) is 0 Å². The molecule has 0 aliphatic carbocycles. The van der Waals surface area contributed by atoms with E-state index in [2.05, 4.69) is 34.6 Å². The van der Waals surface area contributed by atoms with E-state index < -0.39 is 0 Å². The maximum absolute atomic E-state index is 6.26. The van der Waals surface area contributed by atoms with Gasteiger partial charge in [-0.15, -0.1) is 0 Å². The van der Waals surface area contributed by atoms with Crippen molar-refractivity contribution in [1.29, 1.82) is 0 Å². The monoisotopic (exact) mass is 241 g/mol. The highest BCUT2D eigenvalue weighted by Gasteiger charge is 2.15.